The first-order chi connectivity index (χ1) is 9.78. The maximum absolute atomic E-state index is 14.1. The third-order valence-electron chi connectivity index (χ3n) is 3.33. The minimum Gasteiger partial charge on any atom is -0.316 e. The number of nitrogens with one attached hydrogen (secondary N) is 1. The zero-order chi connectivity index (χ0) is 13.9. The van der Waals surface area contributed by atoms with Crippen molar-refractivity contribution < 1.29 is 4.39 Å². The molecule has 2 aromatic carbocycles. The number of hydrogen-bond acceptors (Lipinski definition) is 2. The minimum atomic E-state index is -0.208. The Hall–Kier alpha value is -2.26. The van der Waals surface area contributed by atoms with Crippen LogP contribution < -0.4 is 5.32 Å². The van der Waals surface area contributed by atoms with Crippen LogP contribution in [0.2, 0.25) is 0 Å². The second-order valence-electron chi connectivity index (χ2n) is 4.76. The standard InChI is InChI=1S/C17H15FN2/c1-19-11-12-4-7-16(18)15(9-12)14-6-5-13-3-2-8-20-17(13)10-14/h2-10,19H,11H2,1H3. The van der Waals surface area contributed by atoms with Crippen molar-refractivity contribution in [2.75, 3.05) is 7.05 Å². The SMILES string of the molecule is CNCc1ccc(F)c(-c2ccc3cccnc3c2)c1. The van der Waals surface area contributed by atoms with Gasteiger partial charge in [-0.1, -0.05) is 24.3 Å². The summed E-state index contributed by atoms with van der Waals surface area (Å²) in [4.78, 5) is 4.32. The van der Waals surface area contributed by atoms with E-state index in [1.807, 2.05) is 43.4 Å². The number of fused-ring (bicyclic) bond motifs is 1. The molecule has 20 heavy (non-hydrogen) atoms. The first-order valence-electron chi connectivity index (χ1n) is 6.56. The van der Waals surface area contributed by atoms with E-state index >= 15 is 0 Å². The highest BCUT2D eigenvalue weighted by molar-refractivity contribution is 5.84. The summed E-state index contributed by atoms with van der Waals surface area (Å²) in [5, 5.41) is 4.14. The average molecular weight is 266 g/mol. The molecule has 0 fully saturated rings. The molecule has 0 radical (unpaired) electrons. The van der Waals surface area contributed by atoms with Gasteiger partial charge in [-0.15, -0.1) is 0 Å². The van der Waals surface area contributed by atoms with Crippen LogP contribution in [0.1, 0.15) is 5.56 Å². The quantitative estimate of drug-likeness (QED) is 0.780. The lowest BCUT2D eigenvalue weighted by atomic mass is 10.0. The number of rotatable bonds is 3. The number of aromatic nitrogens is 1. The van der Waals surface area contributed by atoms with Crippen LogP contribution in [0.25, 0.3) is 22.0 Å². The largest absolute Gasteiger partial charge is 0.316 e. The van der Waals surface area contributed by atoms with Crippen molar-refractivity contribution in [2.24, 2.45) is 0 Å². The van der Waals surface area contributed by atoms with Crippen LogP contribution in [-0.4, -0.2) is 12.0 Å². The van der Waals surface area contributed by atoms with Crippen molar-refractivity contribution in [2.45, 2.75) is 6.54 Å². The summed E-state index contributed by atoms with van der Waals surface area (Å²) in [5.74, 6) is -0.208. The van der Waals surface area contributed by atoms with Gasteiger partial charge < -0.3 is 5.32 Å². The van der Waals surface area contributed by atoms with Gasteiger partial charge in [0, 0.05) is 23.7 Å². The zero-order valence-electron chi connectivity index (χ0n) is 11.2. The molecule has 0 aliphatic rings. The van der Waals surface area contributed by atoms with Crippen molar-refractivity contribution in [3.8, 4) is 11.1 Å². The Balaban J connectivity index is 2.12. The molecule has 0 atom stereocenters. The minimum absolute atomic E-state index is 0.208. The maximum atomic E-state index is 14.1. The van der Waals surface area contributed by atoms with Crippen molar-refractivity contribution >= 4 is 10.9 Å². The first kappa shape index (κ1) is 12.8. The van der Waals surface area contributed by atoms with Gasteiger partial charge in [-0.2, -0.15) is 0 Å². The normalized spacial score (nSPS) is 10.9. The monoisotopic (exact) mass is 266 g/mol. The number of hydrogen-bond donors (Lipinski definition) is 1. The van der Waals surface area contributed by atoms with E-state index in [0.29, 0.717) is 5.56 Å². The molecule has 0 amide bonds. The predicted molar refractivity (Wildman–Crippen MR) is 79.9 cm³/mol. The van der Waals surface area contributed by atoms with Gasteiger partial charge in [0.25, 0.3) is 0 Å². The highest BCUT2D eigenvalue weighted by atomic mass is 19.1. The molecule has 1 heterocycles. The Morgan fingerprint density at radius 2 is 2.00 bits per heavy atom. The van der Waals surface area contributed by atoms with Crippen LogP contribution in [0.3, 0.4) is 0 Å². The molecular weight excluding hydrogens is 251 g/mol. The van der Waals surface area contributed by atoms with E-state index in [9.17, 15) is 4.39 Å². The lowest BCUT2D eigenvalue weighted by Crippen LogP contribution is -2.05. The lowest BCUT2D eigenvalue weighted by Gasteiger charge is -2.08. The number of halogens is 1. The molecule has 3 heteroatoms. The fraction of sp³-hybridized carbons (Fsp3) is 0.118. The van der Waals surface area contributed by atoms with E-state index in [1.54, 1.807) is 12.3 Å². The summed E-state index contributed by atoms with van der Waals surface area (Å²) >= 11 is 0. The number of benzene rings is 2. The Labute approximate surface area is 117 Å². The van der Waals surface area contributed by atoms with E-state index in [-0.39, 0.29) is 5.82 Å². The van der Waals surface area contributed by atoms with Crippen molar-refractivity contribution in [1.82, 2.24) is 10.3 Å². The van der Waals surface area contributed by atoms with Crippen LogP contribution in [-0.2, 0) is 6.54 Å². The van der Waals surface area contributed by atoms with Crippen molar-refractivity contribution in [3.05, 3.63) is 66.1 Å². The second kappa shape index (κ2) is 5.39. The molecule has 100 valence electrons. The van der Waals surface area contributed by atoms with Crippen LogP contribution in [0.4, 0.5) is 4.39 Å². The van der Waals surface area contributed by atoms with Crippen LogP contribution >= 0.6 is 0 Å². The molecule has 0 spiro atoms. The fourth-order valence-corrected chi connectivity index (χ4v) is 2.34. The molecule has 3 aromatic rings. The van der Waals surface area contributed by atoms with E-state index in [2.05, 4.69) is 10.3 Å². The van der Waals surface area contributed by atoms with Gasteiger partial charge in [0.05, 0.1) is 5.52 Å². The average Bonchev–Trinajstić information content (AvgIpc) is 2.49. The molecular formula is C17H15FN2. The van der Waals surface area contributed by atoms with Crippen LogP contribution in [0.15, 0.2) is 54.7 Å². The zero-order valence-corrected chi connectivity index (χ0v) is 11.2. The van der Waals surface area contributed by atoms with Crippen molar-refractivity contribution in [1.29, 1.82) is 0 Å². The van der Waals surface area contributed by atoms with Gasteiger partial charge in [-0.3, -0.25) is 4.98 Å². The summed E-state index contributed by atoms with van der Waals surface area (Å²) in [6.07, 6.45) is 1.75. The molecule has 2 nitrogen and oxygen atoms in total. The van der Waals surface area contributed by atoms with Gasteiger partial charge in [-0.05, 0) is 42.4 Å². The van der Waals surface area contributed by atoms with E-state index < -0.39 is 0 Å². The third-order valence-corrected chi connectivity index (χ3v) is 3.33. The van der Waals surface area contributed by atoms with Gasteiger partial charge in [0.2, 0.25) is 0 Å². The Morgan fingerprint density at radius 1 is 1.10 bits per heavy atom. The summed E-state index contributed by atoms with van der Waals surface area (Å²) in [6.45, 7) is 0.721. The molecule has 0 bridgehead atoms. The summed E-state index contributed by atoms with van der Waals surface area (Å²) in [6, 6.07) is 14.9. The van der Waals surface area contributed by atoms with Gasteiger partial charge in [0.1, 0.15) is 5.82 Å². The Bertz CT molecular complexity index is 753. The maximum Gasteiger partial charge on any atom is 0.131 e. The topological polar surface area (TPSA) is 24.9 Å². The summed E-state index contributed by atoms with van der Waals surface area (Å²) < 4.78 is 14.1. The first-order valence-corrected chi connectivity index (χ1v) is 6.56. The number of nitrogens with zero attached hydrogens (tertiary/aromatic N) is 1. The van der Waals surface area contributed by atoms with E-state index in [1.165, 1.54) is 6.07 Å². The van der Waals surface area contributed by atoms with Crippen LogP contribution in [0.5, 0.6) is 0 Å². The highest BCUT2D eigenvalue weighted by Gasteiger charge is 2.07. The molecule has 1 aromatic heterocycles. The van der Waals surface area contributed by atoms with Gasteiger partial charge in [0.15, 0.2) is 0 Å². The summed E-state index contributed by atoms with van der Waals surface area (Å²) in [7, 11) is 1.88. The lowest BCUT2D eigenvalue weighted by molar-refractivity contribution is 0.630. The van der Waals surface area contributed by atoms with Crippen LogP contribution in [0, 0.1) is 5.82 Å². The molecule has 0 aliphatic heterocycles. The van der Waals surface area contributed by atoms with Crippen molar-refractivity contribution in [3.63, 3.8) is 0 Å². The molecule has 0 unspecified atom stereocenters. The van der Waals surface area contributed by atoms with Gasteiger partial charge >= 0.3 is 0 Å². The van der Waals surface area contributed by atoms with E-state index in [4.69, 9.17) is 0 Å². The summed E-state index contributed by atoms with van der Waals surface area (Å²) in [5.41, 5.74) is 3.41. The fourth-order valence-electron chi connectivity index (χ4n) is 2.34. The van der Waals surface area contributed by atoms with E-state index in [0.717, 1.165) is 28.6 Å². The van der Waals surface area contributed by atoms with Gasteiger partial charge in [-0.25, -0.2) is 4.39 Å². The predicted octanol–water partition coefficient (Wildman–Crippen LogP) is 3.76. The highest BCUT2D eigenvalue weighted by Crippen LogP contribution is 2.26. The molecule has 0 saturated heterocycles. The Kier molecular flexibility index (Phi) is 3.44. The smallest absolute Gasteiger partial charge is 0.131 e. The molecule has 3 rings (SSSR count). The number of pyridine rings is 1. The Morgan fingerprint density at radius 3 is 2.85 bits per heavy atom. The molecule has 1 N–H and O–H groups in total. The third kappa shape index (κ3) is 2.40. The molecule has 0 saturated carbocycles. The molecule has 0 aliphatic carbocycles. The second-order valence-corrected chi connectivity index (χ2v) is 4.76.